The van der Waals surface area contributed by atoms with Crippen molar-refractivity contribution < 1.29 is 25.2 Å². The van der Waals surface area contributed by atoms with Gasteiger partial charge in [-0.1, -0.05) is 37.6 Å². The summed E-state index contributed by atoms with van der Waals surface area (Å²) in [5.74, 6) is -2.74. The molecule has 0 saturated heterocycles. The van der Waals surface area contributed by atoms with Crippen LogP contribution >= 0.6 is 0 Å². The predicted molar refractivity (Wildman–Crippen MR) is 70.5 cm³/mol. The highest BCUT2D eigenvalue weighted by molar-refractivity contribution is 5.79. The summed E-state index contributed by atoms with van der Waals surface area (Å²) in [6, 6.07) is 0. The van der Waals surface area contributed by atoms with Gasteiger partial charge in [-0.2, -0.15) is 0 Å². The number of rotatable bonds is 6. The van der Waals surface area contributed by atoms with E-state index < -0.39 is 30.2 Å². The molecule has 1 rings (SSSR count). The predicted octanol–water partition coefficient (Wildman–Crippen LogP) is 0.704. The van der Waals surface area contributed by atoms with Crippen LogP contribution in [0.3, 0.4) is 0 Å². The van der Waals surface area contributed by atoms with Crippen molar-refractivity contribution in [3.8, 4) is 0 Å². The van der Waals surface area contributed by atoms with Crippen LogP contribution < -0.4 is 0 Å². The first-order valence-electron chi connectivity index (χ1n) is 6.56. The highest BCUT2D eigenvalue weighted by atomic mass is 16.4. The second kappa shape index (κ2) is 6.84. The smallest absolute Gasteiger partial charge is 0.338 e. The molecule has 108 valence electrons. The van der Waals surface area contributed by atoms with Gasteiger partial charge in [0.1, 0.15) is 0 Å². The highest BCUT2D eigenvalue weighted by Crippen LogP contribution is 2.41. The number of hydrogen-bond donors (Lipinski definition) is 4. The lowest BCUT2D eigenvalue weighted by atomic mass is 9.85. The van der Waals surface area contributed by atoms with Crippen LogP contribution in [0.25, 0.3) is 0 Å². The van der Waals surface area contributed by atoms with E-state index in [2.05, 4.69) is 6.92 Å². The van der Waals surface area contributed by atoms with E-state index in [1.165, 1.54) is 0 Å². The fourth-order valence-electron chi connectivity index (χ4n) is 2.51. The van der Waals surface area contributed by atoms with E-state index in [0.717, 1.165) is 12.8 Å². The maximum absolute atomic E-state index is 11.1. The minimum absolute atomic E-state index is 0.131. The molecule has 0 heterocycles. The second-order valence-electron chi connectivity index (χ2n) is 4.94. The molecule has 1 aliphatic carbocycles. The molecule has 0 aromatic carbocycles. The lowest BCUT2D eigenvalue weighted by molar-refractivity contribution is -0.176. The van der Waals surface area contributed by atoms with Crippen LogP contribution in [0.2, 0.25) is 0 Å². The Morgan fingerprint density at radius 2 is 2.11 bits per heavy atom. The van der Waals surface area contributed by atoms with Gasteiger partial charge in [-0.05, 0) is 18.8 Å². The zero-order valence-corrected chi connectivity index (χ0v) is 11.1. The number of carboxylic acids is 1. The topological polar surface area (TPSA) is 98.0 Å². The van der Waals surface area contributed by atoms with Gasteiger partial charge in [-0.25, -0.2) is 4.79 Å². The maximum Gasteiger partial charge on any atom is 0.338 e. The van der Waals surface area contributed by atoms with E-state index in [-0.39, 0.29) is 12.3 Å². The molecule has 0 amide bonds. The first-order chi connectivity index (χ1) is 8.98. The third-order valence-corrected chi connectivity index (χ3v) is 3.69. The van der Waals surface area contributed by atoms with Crippen molar-refractivity contribution in [1.29, 1.82) is 0 Å². The second-order valence-corrected chi connectivity index (χ2v) is 4.94. The van der Waals surface area contributed by atoms with Crippen LogP contribution in [0.1, 0.15) is 26.2 Å². The van der Waals surface area contributed by atoms with Gasteiger partial charge in [0, 0.05) is 12.5 Å². The quantitative estimate of drug-likeness (QED) is 0.533. The molecule has 0 aromatic rings. The molecule has 19 heavy (non-hydrogen) atoms. The van der Waals surface area contributed by atoms with Crippen LogP contribution in [0, 0.1) is 11.8 Å². The average molecular weight is 270 g/mol. The lowest BCUT2D eigenvalue weighted by Crippen LogP contribution is -2.52. The van der Waals surface area contributed by atoms with Crippen molar-refractivity contribution in [3.63, 3.8) is 0 Å². The van der Waals surface area contributed by atoms with Crippen molar-refractivity contribution in [3.05, 3.63) is 24.3 Å². The zero-order valence-electron chi connectivity index (χ0n) is 11.1. The number of aliphatic hydroxyl groups is 3. The van der Waals surface area contributed by atoms with Gasteiger partial charge in [0.15, 0.2) is 5.60 Å². The number of aliphatic carboxylic acids is 1. The maximum atomic E-state index is 11.1. The SMILES string of the molecule is CCCC=CC=CC1CC(O)C(O)(C(=O)O)C1CO. The Morgan fingerprint density at radius 3 is 2.63 bits per heavy atom. The van der Waals surface area contributed by atoms with E-state index in [1.807, 2.05) is 12.2 Å². The molecule has 1 saturated carbocycles. The molecule has 1 aliphatic rings. The van der Waals surface area contributed by atoms with E-state index in [1.54, 1.807) is 12.2 Å². The van der Waals surface area contributed by atoms with E-state index >= 15 is 0 Å². The van der Waals surface area contributed by atoms with Crippen LogP contribution in [0.5, 0.6) is 0 Å². The first kappa shape index (κ1) is 15.9. The minimum atomic E-state index is -2.27. The molecular formula is C14H22O5. The van der Waals surface area contributed by atoms with Gasteiger partial charge in [0.2, 0.25) is 0 Å². The van der Waals surface area contributed by atoms with E-state index in [0.29, 0.717) is 0 Å². The Balaban J connectivity index is 2.79. The molecule has 0 bridgehead atoms. The Bertz CT molecular complexity index is 363. The fraction of sp³-hybridized carbons (Fsp3) is 0.643. The Kier molecular flexibility index (Phi) is 5.72. The summed E-state index contributed by atoms with van der Waals surface area (Å²) in [4.78, 5) is 11.1. The summed E-state index contributed by atoms with van der Waals surface area (Å²) >= 11 is 0. The average Bonchev–Trinajstić information content (AvgIpc) is 2.62. The Morgan fingerprint density at radius 1 is 1.42 bits per heavy atom. The Labute approximate surface area is 112 Å². The molecule has 1 fully saturated rings. The third-order valence-electron chi connectivity index (χ3n) is 3.69. The van der Waals surface area contributed by atoms with Gasteiger partial charge in [0.25, 0.3) is 0 Å². The van der Waals surface area contributed by atoms with Gasteiger partial charge in [0.05, 0.1) is 6.10 Å². The summed E-state index contributed by atoms with van der Waals surface area (Å²) in [5.41, 5.74) is -2.27. The van der Waals surface area contributed by atoms with Crippen molar-refractivity contribution in [1.82, 2.24) is 0 Å². The molecule has 5 heteroatoms. The Hall–Kier alpha value is -1.17. The molecule has 4 atom stereocenters. The molecular weight excluding hydrogens is 248 g/mol. The number of carbonyl (C=O) groups is 1. The van der Waals surface area contributed by atoms with Crippen molar-refractivity contribution in [2.45, 2.75) is 37.9 Å². The van der Waals surface area contributed by atoms with Crippen molar-refractivity contribution in [2.24, 2.45) is 11.8 Å². The molecule has 4 unspecified atom stereocenters. The number of hydrogen-bond acceptors (Lipinski definition) is 4. The molecule has 0 spiro atoms. The summed E-state index contributed by atoms with van der Waals surface area (Å²) in [7, 11) is 0. The number of unbranched alkanes of at least 4 members (excludes halogenated alkanes) is 1. The van der Waals surface area contributed by atoms with E-state index in [4.69, 9.17) is 5.11 Å². The molecule has 4 N–H and O–H groups in total. The first-order valence-corrected chi connectivity index (χ1v) is 6.56. The summed E-state index contributed by atoms with van der Waals surface area (Å²) in [5, 5.41) is 38.1. The van der Waals surface area contributed by atoms with Crippen molar-refractivity contribution >= 4 is 5.97 Å². The standard InChI is InChI=1S/C14H22O5/c1-2-3-4-5-6-7-10-8-12(16)14(19,13(17)18)11(10)9-15/h4-7,10-12,15-16,19H,2-3,8-9H2,1H3,(H,17,18). The van der Waals surface area contributed by atoms with Crippen LogP contribution in [-0.2, 0) is 4.79 Å². The number of allylic oxidation sites excluding steroid dienone is 4. The van der Waals surface area contributed by atoms with Crippen molar-refractivity contribution in [2.75, 3.05) is 6.61 Å². The largest absolute Gasteiger partial charge is 0.479 e. The normalized spacial score (nSPS) is 35.5. The summed E-state index contributed by atoms with van der Waals surface area (Å²) < 4.78 is 0. The van der Waals surface area contributed by atoms with Gasteiger partial charge >= 0.3 is 5.97 Å². The lowest BCUT2D eigenvalue weighted by Gasteiger charge is -2.28. The number of aliphatic hydroxyl groups excluding tert-OH is 2. The highest BCUT2D eigenvalue weighted by Gasteiger charge is 2.58. The third kappa shape index (κ3) is 3.23. The van der Waals surface area contributed by atoms with Crippen LogP contribution in [-0.4, -0.2) is 44.7 Å². The summed E-state index contributed by atoms with van der Waals surface area (Å²) in [6.07, 6.45) is 8.11. The summed E-state index contributed by atoms with van der Waals surface area (Å²) in [6.45, 7) is 1.59. The minimum Gasteiger partial charge on any atom is -0.479 e. The number of carboxylic acid groups (broad SMARTS) is 1. The van der Waals surface area contributed by atoms with Gasteiger partial charge < -0.3 is 20.4 Å². The molecule has 0 aliphatic heterocycles. The monoisotopic (exact) mass is 270 g/mol. The van der Waals surface area contributed by atoms with Gasteiger partial charge in [-0.15, -0.1) is 0 Å². The van der Waals surface area contributed by atoms with E-state index in [9.17, 15) is 20.1 Å². The van der Waals surface area contributed by atoms with Crippen LogP contribution in [0.4, 0.5) is 0 Å². The van der Waals surface area contributed by atoms with Crippen LogP contribution in [0.15, 0.2) is 24.3 Å². The zero-order chi connectivity index (χ0) is 14.5. The molecule has 0 aromatic heterocycles. The van der Waals surface area contributed by atoms with Gasteiger partial charge in [-0.3, -0.25) is 0 Å². The fourth-order valence-corrected chi connectivity index (χ4v) is 2.51. The molecule has 0 radical (unpaired) electrons. The molecule has 5 nitrogen and oxygen atoms in total.